The Bertz CT molecular complexity index is 2170. The molecule has 240 valence electrons. The second-order valence-corrected chi connectivity index (χ2v) is 12.9. The van der Waals surface area contributed by atoms with Crippen molar-refractivity contribution >= 4 is 68.7 Å². The van der Waals surface area contributed by atoms with E-state index >= 15 is 0 Å². The normalized spacial score (nSPS) is 12.1. The molecule has 0 radical (unpaired) electrons. The van der Waals surface area contributed by atoms with Crippen molar-refractivity contribution in [2.45, 2.75) is 37.5 Å². The summed E-state index contributed by atoms with van der Waals surface area (Å²) in [5.74, 6) is -0.972. The molecule has 0 aliphatic carbocycles. The molecule has 7 nitrogen and oxygen atoms in total. The maximum atomic E-state index is 13.6. The summed E-state index contributed by atoms with van der Waals surface area (Å²) in [6, 6.07) is 38.1. The van der Waals surface area contributed by atoms with Gasteiger partial charge in [-0.15, -0.1) is 11.8 Å². The minimum Gasteiger partial charge on any atom is -0.341 e. The van der Waals surface area contributed by atoms with Crippen molar-refractivity contribution in [2.24, 2.45) is 0 Å². The zero-order chi connectivity index (χ0) is 33.6. The van der Waals surface area contributed by atoms with Crippen LogP contribution in [0.1, 0.15) is 35.3 Å². The number of thioether (sulfide) groups is 1. The summed E-state index contributed by atoms with van der Waals surface area (Å²) in [5, 5.41) is 10.6. The zero-order valence-electron chi connectivity index (χ0n) is 27.0. The van der Waals surface area contributed by atoms with Crippen LogP contribution < -0.4 is 16.0 Å². The summed E-state index contributed by atoms with van der Waals surface area (Å²) in [5.41, 5.74) is 5.93. The number of hydrogen-bond donors (Lipinski definition) is 3. The number of nitrogens with zero attached hydrogens (tertiary/aromatic N) is 1. The summed E-state index contributed by atoms with van der Waals surface area (Å²) in [6.07, 6.45) is 1.67. The number of rotatable bonds is 10. The fourth-order valence-corrected chi connectivity index (χ4v) is 6.59. The molecule has 48 heavy (non-hydrogen) atoms. The molecule has 3 amide bonds. The minimum atomic E-state index is -0.463. The third-order valence-electron chi connectivity index (χ3n) is 8.15. The number of aromatic nitrogens is 1. The van der Waals surface area contributed by atoms with E-state index in [-0.39, 0.29) is 17.5 Å². The van der Waals surface area contributed by atoms with Crippen molar-refractivity contribution in [3.05, 3.63) is 144 Å². The minimum absolute atomic E-state index is 0.114. The quantitative estimate of drug-likeness (QED) is 0.102. The predicted molar refractivity (Wildman–Crippen MR) is 197 cm³/mol. The van der Waals surface area contributed by atoms with Crippen LogP contribution in [0.3, 0.4) is 0 Å². The van der Waals surface area contributed by atoms with Crippen molar-refractivity contribution in [1.82, 2.24) is 9.88 Å². The Balaban J connectivity index is 1.16. The van der Waals surface area contributed by atoms with Crippen LogP contribution >= 0.6 is 11.8 Å². The second kappa shape index (κ2) is 14.4. The van der Waals surface area contributed by atoms with Gasteiger partial charge < -0.3 is 20.5 Å². The van der Waals surface area contributed by atoms with Gasteiger partial charge in [-0.2, -0.15) is 0 Å². The smallest absolute Gasteiger partial charge is 0.272 e. The summed E-state index contributed by atoms with van der Waals surface area (Å²) in [7, 11) is 0. The van der Waals surface area contributed by atoms with E-state index in [1.165, 1.54) is 17.3 Å². The van der Waals surface area contributed by atoms with E-state index in [4.69, 9.17) is 0 Å². The number of hydrogen-bond acceptors (Lipinski definition) is 4. The number of aryl methyl sites for hydroxylation is 2. The first-order chi connectivity index (χ1) is 23.3. The lowest BCUT2D eigenvalue weighted by atomic mass is 10.1. The molecule has 0 saturated heterocycles. The van der Waals surface area contributed by atoms with Gasteiger partial charge in [-0.05, 0) is 92.6 Å². The Kier molecular flexibility index (Phi) is 9.73. The van der Waals surface area contributed by atoms with Gasteiger partial charge in [-0.3, -0.25) is 14.4 Å². The molecule has 1 atom stereocenters. The van der Waals surface area contributed by atoms with Crippen molar-refractivity contribution < 1.29 is 14.4 Å². The van der Waals surface area contributed by atoms with Crippen molar-refractivity contribution in [3.8, 4) is 0 Å². The molecule has 0 spiro atoms. The predicted octanol–water partition coefficient (Wildman–Crippen LogP) is 8.65. The van der Waals surface area contributed by atoms with E-state index in [2.05, 4.69) is 45.6 Å². The number of nitrogens with one attached hydrogen (secondary N) is 3. The SMILES string of the molecule is CCn1c2ccccc2c2cc(NC(=O)C(C)Sc3cccc(NC(=O)/C(=C/c4ccccc4C)NC(=O)c4ccccc4)c3)ccc21. The molecule has 8 heteroatoms. The Morgan fingerprint density at radius 1 is 0.750 bits per heavy atom. The van der Waals surface area contributed by atoms with Crippen molar-refractivity contribution in [2.75, 3.05) is 10.6 Å². The van der Waals surface area contributed by atoms with Crippen LogP contribution in [-0.2, 0) is 16.1 Å². The van der Waals surface area contributed by atoms with E-state index in [1.54, 1.807) is 36.4 Å². The summed E-state index contributed by atoms with van der Waals surface area (Å²) in [6.45, 7) is 6.79. The van der Waals surface area contributed by atoms with Gasteiger partial charge >= 0.3 is 0 Å². The van der Waals surface area contributed by atoms with Gasteiger partial charge in [0.2, 0.25) is 5.91 Å². The second-order valence-electron chi connectivity index (χ2n) is 11.5. The molecule has 0 fully saturated rings. The molecule has 6 rings (SSSR count). The number of para-hydroxylation sites is 1. The van der Waals surface area contributed by atoms with Crippen LogP contribution in [0.25, 0.3) is 27.9 Å². The number of fused-ring (bicyclic) bond motifs is 3. The number of carbonyl (C=O) groups is 3. The van der Waals surface area contributed by atoms with Crippen LogP contribution in [0.15, 0.2) is 132 Å². The largest absolute Gasteiger partial charge is 0.341 e. The fraction of sp³-hybridized carbons (Fsp3) is 0.125. The third-order valence-corrected chi connectivity index (χ3v) is 9.24. The van der Waals surface area contributed by atoms with Gasteiger partial charge in [0.15, 0.2) is 0 Å². The Labute approximate surface area is 284 Å². The van der Waals surface area contributed by atoms with E-state index in [0.29, 0.717) is 11.3 Å². The average molecular weight is 653 g/mol. The molecule has 6 aromatic rings. The van der Waals surface area contributed by atoms with Crippen molar-refractivity contribution in [3.63, 3.8) is 0 Å². The van der Waals surface area contributed by atoms with Crippen LogP contribution in [0.4, 0.5) is 11.4 Å². The highest BCUT2D eigenvalue weighted by molar-refractivity contribution is 8.00. The number of benzene rings is 5. The number of carbonyl (C=O) groups excluding carboxylic acids is 3. The first-order valence-corrected chi connectivity index (χ1v) is 16.7. The molecule has 0 saturated carbocycles. The van der Waals surface area contributed by atoms with Crippen LogP contribution in [0.5, 0.6) is 0 Å². The van der Waals surface area contributed by atoms with Crippen molar-refractivity contribution in [1.29, 1.82) is 0 Å². The molecule has 1 heterocycles. The topological polar surface area (TPSA) is 92.2 Å². The highest BCUT2D eigenvalue weighted by Crippen LogP contribution is 2.32. The Morgan fingerprint density at radius 2 is 1.46 bits per heavy atom. The Morgan fingerprint density at radius 3 is 2.25 bits per heavy atom. The van der Waals surface area contributed by atoms with Gasteiger partial charge in [0.1, 0.15) is 5.70 Å². The lowest BCUT2D eigenvalue weighted by Gasteiger charge is -2.14. The maximum absolute atomic E-state index is 13.6. The van der Waals surface area contributed by atoms with E-state index in [9.17, 15) is 14.4 Å². The average Bonchev–Trinajstić information content (AvgIpc) is 3.42. The molecule has 1 aromatic heterocycles. The Hall–Kier alpha value is -5.60. The zero-order valence-corrected chi connectivity index (χ0v) is 27.8. The van der Waals surface area contributed by atoms with E-state index in [0.717, 1.165) is 44.5 Å². The van der Waals surface area contributed by atoms with Crippen LogP contribution in [0, 0.1) is 6.92 Å². The molecule has 3 N–H and O–H groups in total. The van der Waals surface area contributed by atoms with Gasteiger partial charge in [0.25, 0.3) is 11.8 Å². The number of anilines is 2. The monoisotopic (exact) mass is 652 g/mol. The molecule has 1 unspecified atom stereocenters. The summed E-state index contributed by atoms with van der Waals surface area (Å²) < 4.78 is 2.28. The molecule has 0 bridgehead atoms. The number of amides is 3. The van der Waals surface area contributed by atoms with Crippen LogP contribution in [0.2, 0.25) is 0 Å². The van der Waals surface area contributed by atoms with Gasteiger partial charge in [-0.1, -0.05) is 66.7 Å². The van der Waals surface area contributed by atoms with Gasteiger partial charge in [0, 0.05) is 50.2 Å². The maximum Gasteiger partial charge on any atom is 0.272 e. The van der Waals surface area contributed by atoms with Gasteiger partial charge in [-0.25, -0.2) is 0 Å². The highest BCUT2D eigenvalue weighted by atomic mass is 32.2. The van der Waals surface area contributed by atoms with Gasteiger partial charge in [0.05, 0.1) is 5.25 Å². The third kappa shape index (κ3) is 7.19. The van der Waals surface area contributed by atoms with E-state index in [1.807, 2.05) is 86.6 Å². The fourth-order valence-electron chi connectivity index (χ4n) is 5.67. The lowest BCUT2D eigenvalue weighted by molar-refractivity contribution is -0.115. The molecule has 0 aliphatic heterocycles. The van der Waals surface area contributed by atoms with Crippen LogP contribution in [-0.4, -0.2) is 27.5 Å². The van der Waals surface area contributed by atoms with E-state index < -0.39 is 11.2 Å². The first-order valence-electron chi connectivity index (χ1n) is 15.8. The summed E-state index contributed by atoms with van der Waals surface area (Å²) in [4.78, 5) is 40.7. The highest BCUT2D eigenvalue weighted by Gasteiger charge is 2.18. The summed E-state index contributed by atoms with van der Waals surface area (Å²) >= 11 is 1.40. The molecule has 5 aromatic carbocycles. The standard InChI is InChI=1S/C40H36N4O3S/c1-4-44-36-20-11-10-19-33(36)34-25-31(21-22-37(34)44)41-38(45)27(3)48-32-18-12-17-30(24-32)42-40(47)35(23-29-16-9-8-13-26(29)2)43-39(46)28-14-6-5-7-15-28/h5-25,27H,4H2,1-3H3,(H,41,45)(H,42,47)(H,43,46)/b35-23-. The molecular weight excluding hydrogens is 617 g/mol. The first kappa shape index (κ1) is 32.3. The molecule has 0 aliphatic rings. The molecular formula is C40H36N4O3S. The lowest BCUT2D eigenvalue weighted by Crippen LogP contribution is -2.30.